The number of benzene rings is 2. The van der Waals surface area contributed by atoms with Crippen LogP contribution in [0.15, 0.2) is 60.7 Å². The molecule has 0 saturated heterocycles. The maximum Gasteiger partial charge on any atom is 0.279 e. The van der Waals surface area contributed by atoms with Crippen LogP contribution in [0.25, 0.3) is 10.4 Å². The second kappa shape index (κ2) is 9.11. The molecule has 3 rings (SSSR count). The molecule has 0 unspecified atom stereocenters. The van der Waals surface area contributed by atoms with E-state index in [1.165, 1.54) is 29.5 Å². The normalized spacial score (nSPS) is 10.3. The van der Waals surface area contributed by atoms with Crippen molar-refractivity contribution in [2.24, 2.45) is 0 Å². The zero-order valence-electron chi connectivity index (χ0n) is 15.5. The second-order valence-electron chi connectivity index (χ2n) is 6.06. The van der Waals surface area contributed by atoms with E-state index in [9.17, 15) is 18.8 Å². The van der Waals surface area contributed by atoms with Crippen LogP contribution >= 0.6 is 11.3 Å². The van der Waals surface area contributed by atoms with Gasteiger partial charge in [0.15, 0.2) is 0 Å². The molecule has 0 radical (unpaired) electrons. The smallest absolute Gasteiger partial charge is 0.279 e. The first-order valence-corrected chi connectivity index (χ1v) is 9.64. The maximum atomic E-state index is 13.0. The summed E-state index contributed by atoms with van der Waals surface area (Å²) in [7, 11) is 0. The lowest BCUT2D eigenvalue weighted by molar-refractivity contribution is -0.115. The average molecular weight is 411 g/mol. The minimum atomic E-state index is -0.513. The molecule has 0 aliphatic rings. The number of nitrogens with one attached hydrogen (secondary N) is 3. The number of amides is 3. The molecule has 0 aliphatic heterocycles. The lowest BCUT2D eigenvalue weighted by Gasteiger charge is -2.08. The third-order valence-corrected chi connectivity index (χ3v) is 5.11. The van der Waals surface area contributed by atoms with Gasteiger partial charge in [0.1, 0.15) is 5.82 Å². The Balaban J connectivity index is 1.61. The summed E-state index contributed by atoms with van der Waals surface area (Å²) in [6, 6.07) is 15.8. The SMILES string of the molecule is CCC(=O)Nc1cccc(C(=O)NNC(=O)c2ccc(-c3ccc(F)cc3)s2)c1. The van der Waals surface area contributed by atoms with Crippen molar-refractivity contribution >= 4 is 34.7 Å². The van der Waals surface area contributed by atoms with Gasteiger partial charge >= 0.3 is 0 Å². The highest BCUT2D eigenvalue weighted by molar-refractivity contribution is 7.17. The number of hydrogen-bond acceptors (Lipinski definition) is 4. The van der Waals surface area contributed by atoms with Crippen LogP contribution in [0.5, 0.6) is 0 Å². The minimum Gasteiger partial charge on any atom is -0.326 e. The maximum absolute atomic E-state index is 13.0. The predicted octanol–water partition coefficient (Wildman–Crippen LogP) is 3.98. The Labute approximate surface area is 170 Å². The predicted molar refractivity (Wildman–Crippen MR) is 110 cm³/mol. The van der Waals surface area contributed by atoms with E-state index in [1.807, 2.05) is 0 Å². The summed E-state index contributed by atoms with van der Waals surface area (Å²) in [5, 5.41) is 2.67. The van der Waals surface area contributed by atoms with Crippen molar-refractivity contribution in [2.45, 2.75) is 13.3 Å². The first kappa shape index (κ1) is 20.2. The molecule has 148 valence electrons. The molecule has 8 heteroatoms. The van der Waals surface area contributed by atoms with Gasteiger partial charge in [-0.25, -0.2) is 4.39 Å². The second-order valence-corrected chi connectivity index (χ2v) is 7.15. The fourth-order valence-corrected chi connectivity index (χ4v) is 3.37. The molecule has 3 N–H and O–H groups in total. The largest absolute Gasteiger partial charge is 0.326 e. The van der Waals surface area contributed by atoms with Crippen LogP contribution in [0.1, 0.15) is 33.4 Å². The van der Waals surface area contributed by atoms with Gasteiger partial charge in [-0.2, -0.15) is 0 Å². The molecule has 0 atom stereocenters. The number of rotatable bonds is 5. The molecule has 0 bridgehead atoms. The van der Waals surface area contributed by atoms with E-state index < -0.39 is 11.8 Å². The number of hydrogen-bond donors (Lipinski definition) is 3. The Kier molecular flexibility index (Phi) is 6.36. The van der Waals surface area contributed by atoms with Gasteiger partial charge in [-0.15, -0.1) is 11.3 Å². The zero-order chi connectivity index (χ0) is 20.8. The lowest BCUT2D eigenvalue weighted by Crippen LogP contribution is -2.41. The van der Waals surface area contributed by atoms with Gasteiger partial charge < -0.3 is 5.32 Å². The van der Waals surface area contributed by atoms with E-state index in [1.54, 1.807) is 49.4 Å². The van der Waals surface area contributed by atoms with Crippen molar-refractivity contribution in [3.8, 4) is 10.4 Å². The summed E-state index contributed by atoms with van der Waals surface area (Å²) < 4.78 is 13.0. The molecular formula is C21H18FN3O3S. The number of anilines is 1. The van der Waals surface area contributed by atoms with Crippen LogP contribution in [0.4, 0.5) is 10.1 Å². The van der Waals surface area contributed by atoms with Gasteiger partial charge in [-0.3, -0.25) is 25.2 Å². The molecule has 0 saturated carbocycles. The van der Waals surface area contributed by atoms with E-state index in [2.05, 4.69) is 16.2 Å². The van der Waals surface area contributed by atoms with Crippen LogP contribution in [0, 0.1) is 5.82 Å². The summed E-state index contributed by atoms with van der Waals surface area (Å²) in [6.45, 7) is 1.73. The summed E-state index contributed by atoms with van der Waals surface area (Å²) in [4.78, 5) is 37.2. The van der Waals surface area contributed by atoms with E-state index >= 15 is 0 Å². The highest BCUT2D eigenvalue weighted by Gasteiger charge is 2.13. The topological polar surface area (TPSA) is 87.3 Å². The number of halogens is 1. The van der Waals surface area contributed by atoms with E-state index in [4.69, 9.17) is 0 Å². The van der Waals surface area contributed by atoms with Crippen molar-refractivity contribution in [1.82, 2.24) is 10.9 Å². The highest BCUT2D eigenvalue weighted by Crippen LogP contribution is 2.28. The van der Waals surface area contributed by atoms with E-state index in [0.717, 1.165) is 10.4 Å². The summed E-state index contributed by atoms with van der Waals surface area (Å²) in [6.07, 6.45) is 0.327. The molecule has 29 heavy (non-hydrogen) atoms. The van der Waals surface area contributed by atoms with Crippen LogP contribution in [0.2, 0.25) is 0 Å². The van der Waals surface area contributed by atoms with Crippen LogP contribution < -0.4 is 16.2 Å². The van der Waals surface area contributed by atoms with Crippen LogP contribution in [0.3, 0.4) is 0 Å². The molecular weight excluding hydrogens is 393 g/mol. The molecule has 0 aliphatic carbocycles. The average Bonchev–Trinajstić information content (AvgIpc) is 3.22. The molecule has 3 aromatic rings. The molecule has 2 aromatic carbocycles. The minimum absolute atomic E-state index is 0.162. The van der Waals surface area contributed by atoms with Crippen molar-refractivity contribution in [2.75, 3.05) is 5.32 Å². The molecule has 0 spiro atoms. The zero-order valence-corrected chi connectivity index (χ0v) is 16.3. The Morgan fingerprint density at radius 1 is 0.931 bits per heavy atom. The first-order chi connectivity index (χ1) is 14.0. The van der Waals surface area contributed by atoms with Crippen molar-refractivity contribution < 1.29 is 18.8 Å². The van der Waals surface area contributed by atoms with Crippen molar-refractivity contribution in [3.63, 3.8) is 0 Å². The van der Waals surface area contributed by atoms with Gasteiger partial charge in [-0.1, -0.05) is 25.1 Å². The first-order valence-electron chi connectivity index (χ1n) is 8.82. The molecule has 0 fully saturated rings. The number of thiophene rings is 1. The standard InChI is InChI=1S/C21H18FN3O3S/c1-2-19(26)23-16-5-3-4-14(12-16)20(27)24-25-21(28)18-11-10-17(29-18)13-6-8-15(22)9-7-13/h3-12H,2H2,1H3,(H,23,26)(H,24,27)(H,25,28). The summed E-state index contributed by atoms with van der Waals surface area (Å²) in [5.74, 6) is -1.47. The fourth-order valence-electron chi connectivity index (χ4n) is 2.46. The third kappa shape index (κ3) is 5.26. The molecule has 1 heterocycles. The quantitative estimate of drug-likeness (QED) is 0.555. The Morgan fingerprint density at radius 2 is 1.66 bits per heavy atom. The van der Waals surface area contributed by atoms with Crippen LogP contribution in [-0.4, -0.2) is 17.7 Å². The Bertz CT molecular complexity index is 1050. The summed E-state index contributed by atoms with van der Waals surface area (Å²) >= 11 is 1.23. The van der Waals surface area contributed by atoms with E-state index in [-0.39, 0.29) is 17.3 Å². The van der Waals surface area contributed by atoms with E-state index in [0.29, 0.717) is 17.0 Å². The molecule has 6 nitrogen and oxygen atoms in total. The van der Waals surface area contributed by atoms with Gasteiger partial charge in [0, 0.05) is 22.5 Å². The fraction of sp³-hybridized carbons (Fsp3) is 0.0952. The van der Waals surface area contributed by atoms with Crippen molar-refractivity contribution in [1.29, 1.82) is 0 Å². The Morgan fingerprint density at radius 3 is 2.38 bits per heavy atom. The number of carbonyl (C=O) groups excluding carboxylic acids is 3. The third-order valence-electron chi connectivity index (χ3n) is 3.98. The Hall–Kier alpha value is -3.52. The monoisotopic (exact) mass is 411 g/mol. The van der Waals surface area contributed by atoms with Gasteiger partial charge in [0.2, 0.25) is 5.91 Å². The van der Waals surface area contributed by atoms with Crippen molar-refractivity contribution in [3.05, 3.63) is 76.9 Å². The summed E-state index contributed by atoms with van der Waals surface area (Å²) in [5.41, 5.74) is 6.31. The molecule has 3 amide bonds. The van der Waals surface area contributed by atoms with Crippen LogP contribution in [-0.2, 0) is 4.79 Å². The van der Waals surface area contributed by atoms with Gasteiger partial charge in [0.25, 0.3) is 11.8 Å². The number of carbonyl (C=O) groups is 3. The number of hydrazine groups is 1. The highest BCUT2D eigenvalue weighted by atomic mass is 32.1. The lowest BCUT2D eigenvalue weighted by atomic mass is 10.2. The van der Waals surface area contributed by atoms with Gasteiger partial charge in [0.05, 0.1) is 4.88 Å². The molecule has 1 aromatic heterocycles. The van der Waals surface area contributed by atoms with Gasteiger partial charge in [-0.05, 0) is 48.0 Å².